The van der Waals surface area contributed by atoms with Crippen molar-refractivity contribution in [3.63, 3.8) is 0 Å². The van der Waals surface area contributed by atoms with E-state index in [1.807, 2.05) is 0 Å². The molecule has 1 fully saturated rings. The van der Waals surface area contributed by atoms with E-state index in [9.17, 15) is 14.4 Å². The van der Waals surface area contributed by atoms with E-state index in [0.29, 0.717) is 6.42 Å². The smallest absolute Gasteiger partial charge is 0.316 e. The van der Waals surface area contributed by atoms with Gasteiger partial charge in [-0.15, -0.1) is 0 Å². The Bertz CT molecular complexity index is 381. The third-order valence-electron chi connectivity index (χ3n) is 4.30. The van der Waals surface area contributed by atoms with Crippen molar-refractivity contribution in [3.8, 4) is 0 Å². The monoisotopic (exact) mass is 311 g/mol. The van der Waals surface area contributed by atoms with Crippen LogP contribution in [-0.2, 0) is 14.4 Å². The molecule has 0 aliphatic carbocycles. The van der Waals surface area contributed by atoms with E-state index >= 15 is 0 Å². The predicted molar refractivity (Wildman–Crippen MR) is 84.3 cm³/mol. The summed E-state index contributed by atoms with van der Waals surface area (Å²) < 4.78 is 0. The van der Waals surface area contributed by atoms with Crippen LogP contribution in [-0.4, -0.2) is 34.3 Å². The molecule has 1 heterocycles. The first-order valence-electron chi connectivity index (χ1n) is 8.65. The maximum atomic E-state index is 11.9. The van der Waals surface area contributed by atoms with Crippen LogP contribution in [0.25, 0.3) is 0 Å². The molecule has 5 nitrogen and oxygen atoms in total. The average molecular weight is 311 g/mol. The zero-order valence-corrected chi connectivity index (χ0v) is 13.7. The lowest BCUT2D eigenvalue weighted by Gasteiger charge is -2.13. The van der Waals surface area contributed by atoms with Gasteiger partial charge in [-0.1, -0.05) is 58.3 Å². The molecule has 126 valence electrons. The van der Waals surface area contributed by atoms with E-state index in [2.05, 4.69) is 6.92 Å². The van der Waals surface area contributed by atoms with E-state index < -0.39 is 17.8 Å². The van der Waals surface area contributed by atoms with Gasteiger partial charge in [-0.25, -0.2) is 0 Å². The van der Waals surface area contributed by atoms with Crippen molar-refractivity contribution < 1.29 is 19.5 Å². The number of likely N-dealkylation sites (tertiary alicyclic amines) is 1. The number of carboxylic acid groups (broad SMARTS) is 1. The molecule has 1 aliphatic heterocycles. The Balaban J connectivity index is 2.07. The first-order chi connectivity index (χ1) is 10.6. The molecular weight excluding hydrogens is 282 g/mol. The SMILES string of the molecule is CCCCCCCCCCCC(=O)N1CCC(C(=O)O)C1=O. The minimum atomic E-state index is -1.12. The minimum absolute atomic E-state index is 0.211. The van der Waals surface area contributed by atoms with Gasteiger partial charge in [-0.3, -0.25) is 19.3 Å². The molecule has 0 aromatic rings. The molecular formula is C17H29NO4. The molecule has 0 radical (unpaired) electrons. The Kier molecular flexibility index (Phi) is 8.78. The number of carbonyl (C=O) groups excluding carboxylic acids is 2. The highest BCUT2D eigenvalue weighted by Crippen LogP contribution is 2.20. The summed E-state index contributed by atoms with van der Waals surface area (Å²) in [6.45, 7) is 2.47. The third kappa shape index (κ3) is 6.16. The van der Waals surface area contributed by atoms with Gasteiger partial charge >= 0.3 is 5.97 Å². The average Bonchev–Trinajstić information content (AvgIpc) is 2.87. The van der Waals surface area contributed by atoms with Crippen LogP contribution in [0.5, 0.6) is 0 Å². The van der Waals surface area contributed by atoms with Crippen molar-refractivity contribution in [3.05, 3.63) is 0 Å². The Morgan fingerprint density at radius 1 is 1.05 bits per heavy atom. The zero-order chi connectivity index (χ0) is 16.4. The van der Waals surface area contributed by atoms with E-state index in [-0.39, 0.29) is 18.9 Å². The molecule has 0 saturated carbocycles. The van der Waals surface area contributed by atoms with Gasteiger partial charge in [0.1, 0.15) is 5.92 Å². The highest BCUT2D eigenvalue weighted by Gasteiger charge is 2.39. The number of rotatable bonds is 11. The topological polar surface area (TPSA) is 74.7 Å². The summed E-state index contributed by atoms with van der Waals surface area (Å²) in [5.41, 5.74) is 0. The van der Waals surface area contributed by atoms with Gasteiger partial charge in [0.15, 0.2) is 0 Å². The van der Waals surface area contributed by atoms with Crippen LogP contribution in [0.1, 0.15) is 77.6 Å². The van der Waals surface area contributed by atoms with Crippen molar-refractivity contribution in [1.29, 1.82) is 0 Å². The molecule has 1 atom stereocenters. The number of nitrogens with zero attached hydrogens (tertiary/aromatic N) is 1. The van der Waals surface area contributed by atoms with Gasteiger partial charge < -0.3 is 5.11 Å². The van der Waals surface area contributed by atoms with Crippen molar-refractivity contribution in [2.45, 2.75) is 77.6 Å². The highest BCUT2D eigenvalue weighted by molar-refractivity contribution is 6.06. The maximum Gasteiger partial charge on any atom is 0.316 e. The Hall–Kier alpha value is -1.39. The summed E-state index contributed by atoms with van der Waals surface area (Å²) in [6.07, 6.45) is 11.2. The lowest BCUT2D eigenvalue weighted by atomic mass is 10.1. The Morgan fingerprint density at radius 3 is 2.09 bits per heavy atom. The summed E-state index contributed by atoms with van der Waals surface area (Å²) >= 11 is 0. The van der Waals surface area contributed by atoms with Crippen molar-refractivity contribution >= 4 is 17.8 Å². The number of unbranched alkanes of at least 4 members (excludes halogenated alkanes) is 8. The molecule has 1 rings (SSSR count). The van der Waals surface area contributed by atoms with Crippen molar-refractivity contribution in [2.24, 2.45) is 5.92 Å². The summed E-state index contributed by atoms with van der Waals surface area (Å²) in [7, 11) is 0. The Labute approximate surface area is 133 Å². The van der Waals surface area contributed by atoms with Gasteiger partial charge in [-0.05, 0) is 12.8 Å². The molecule has 1 unspecified atom stereocenters. The fourth-order valence-electron chi connectivity index (χ4n) is 2.88. The third-order valence-corrected chi connectivity index (χ3v) is 4.30. The van der Waals surface area contributed by atoms with E-state index in [1.165, 1.54) is 38.5 Å². The van der Waals surface area contributed by atoms with E-state index in [0.717, 1.165) is 24.2 Å². The van der Waals surface area contributed by atoms with Crippen LogP contribution in [0.15, 0.2) is 0 Å². The summed E-state index contributed by atoms with van der Waals surface area (Å²) in [5.74, 6) is -2.89. The summed E-state index contributed by atoms with van der Waals surface area (Å²) in [6, 6.07) is 0. The number of amides is 2. The Morgan fingerprint density at radius 2 is 1.59 bits per heavy atom. The van der Waals surface area contributed by atoms with Crippen LogP contribution in [0, 0.1) is 5.92 Å². The number of imide groups is 1. The first-order valence-corrected chi connectivity index (χ1v) is 8.65. The van der Waals surface area contributed by atoms with Crippen LogP contribution >= 0.6 is 0 Å². The van der Waals surface area contributed by atoms with Gasteiger partial charge in [0.25, 0.3) is 0 Å². The number of carboxylic acids is 1. The number of hydrogen-bond donors (Lipinski definition) is 1. The minimum Gasteiger partial charge on any atom is -0.481 e. The predicted octanol–water partition coefficient (Wildman–Crippen LogP) is 3.37. The van der Waals surface area contributed by atoms with Crippen molar-refractivity contribution in [1.82, 2.24) is 4.90 Å². The molecule has 2 amide bonds. The second-order valence-electron chi connectivity index (χ2n) is 6.14. The summed E-state index contributed by atoms with van der Waals surface area (Å²) in [4.78, 5) is 35.7. The number of carbonyl (C=O) groups is 3. The van der Waals surface area contributed by atoms with E-state index in [4.69, 9.17) is 5.11 Å². The second-order valence-corrected chi connectivity index (χ2v) is 6.14. The van der Waals surface area contributed by atoms with Crippen LogP contribution in [0.3, 0.4) is 0 Å². The van der Waals surface area contributed by atoms with Crippen LogP contribution in [0.4, 0.5) is 0 Å². The molecule has 1 N–H and O–H groups in total. The molecule has 0 bridgehead atoms. The van der Waals surface area contributed by atoms with E-state index in [1.54, 1.807) is 0 Å². The molecule has 0 aromatic heterocycles. The molecule has 22 heavy (non-hydrogen) atoms. The second kappa shape index (κ2) is 10.4. The van der Waals surface area contributed by atoms with Gasteiger partial charge in [0.2, 0.25) is 11.8 Å². The first kappa shape index (κ1) is 18.7. The molecule has 0 spiro atoms. The fraction of sp³-hybridized carbons (Fsp3) is 0.824. The lowest BCUT2D eigenvalue weighted by molar-refractivity contribution is -0.150. The van der Waals surface area contributed by atoms with Gasteiger partial charge in [0.05, 0.1) is 0 Å². The normalized spacial score (nSPS) is 18.0. The van der Waals surface area contributed by atoms with Gasteiger partial charge in [0, 0.05) is 13.0 Å². The quantitative estimate of drug-likeness (QED) is 0.469. The molecule has 1 aliphatic rings. The largest absolute Gasteiger partial charge is 0.481 e. The van der Waals surface area contributed by atoms with Crippen LogP contribution < -0.4 is 0 Å². The van der Waals surface area contributed by atoms with Gasteiger partial charge in [-0.2, -0.15) is 0 Å². The fourth-order valence-corrected chi connectivity index (χ4v) is 2.88. The standard InChI is InChI=1S/C17H29NO4/c1-2-3-4-5-6-7-8-9-10-11-15(19)18-13-12-14(16(18)20)17(21)22/h14H,2-13H2,1H3,(H,21,22). The summed E-state index contributed by atoms with van der Waals surface area (Å²) in [5, 5.41) is 8.87. The van der Waals surface area contributed by atoms with Crippen molar-refractivity contribution in [2.75, 3.05) is 6.54 Å². The number of aliphatic carboxylic acids is 1. The lowest BCUT2D eigenvalue weighted by Crippen LogP contribution is -2.35. The van der Waals surface area contributed by atoms with Crippen LogP contribution in [0.2, 0.25) is 0 Å². The maximum absolute atomic E-state index is 11.9. The zero-order valence-electron chi connectivity index (χ0n) is 13.7. The highest BCUT2D eigenvalue weighted by atomic mass is 16.4. The molecule has 5 heteroatoms. The number of hydrogen-bond acceptors (Lipinski definition) is 3. The molecule has 1 saturated heterocycles. The molecule has 0 aromatic carbocycles.